The summed E-state index contributed by atoms with van der Waals surface area (Å²) in [7, 11) is 0. The first-order valence-electron chi connectivity index (χ1n) is 6.90. The number of halogens is 1. The first-order valence-corrected chi connectivity index (χ1v) is 7.70. The minimum atomic E-state index is 0.627. The van der Waals surface area contributed by atoms with Crippen molar-refractivity contribution < 1.29 is 0 Å². The van der Waals surface area contributed by atoms with E-state index in [1.165, 1.54) is 0 Å². The van der Waals surface area contributed by atoms with E-state index < -0.39 is 0 Å². The lowest BCUT2D eigenvalue weighted by molar-refractivity contribution is 0.962. The van der Waals surface area contributed by atoms with Gasteiger partial charge in [-0.15, -0.1) is 0 Å². The van der Waals surface area contributed by atoms with Gasteiger partial charge >= 0.3 is 0 Å². The number of benzene rings is 1. The predicted octanol–water partition coefficient (Wildman–Crippen LogP) is 4.28. The Morgan fingerprint density at radius 2 is 1.95 bits per heavy atom. The van der Waals surface area contributed by atoms with Gasteiger partial charge in [-0.25, -0.2) is 15.0 Å². The standard InChI is InChI=1S/C16H15BrN4/c1-2-9-18-15-12(17)10-19-16(21-15)14-8-7-11-5-3-4-6-13(11)20-14/h3-8,10H,2,9H2,1H3,(H,18,19,21). The Hall–Kier alpha value is -2.01. The van der Waals surface area contributed by atoms with Crippen LogP contribution >= 0.6 is 15.9 Å². The Morgan fingerprint density at radius 3 is 2.81 bits per heavy atom. The maximum absolute atomic E-state index is 4.63. The zero-order valence-corrected chi connectivity index (χ0v) is 13.3. The normalized spacial score (nSPS) is 10.8. The quantitative estimate of drug-likeness (QED) is 0.768. The predicted molar refractivity (Wildman–Crippen MR) is 89.2 cm³/mol. The Balaban J connectivity index is 2.01. The molecule has 0 fully saturated rings. The molecule has 1 aromatic carbocycles. The molecule has 0 aliphatic heterocycles. The molecule has 4 nitrogen and oxygen atoms in total. The fraction of sp³-hybridized carbons (Fsp3) is 0.188. The average molecular weight is 343 g/mol. The molecular weight excluding hydrogens is 328 g/mol. The van der Waals surface area contributed by atoms with Gasteiger partial charge in [-0.05, 0) is 34.5 Å². The number of aromatic nitrogens is 3. The number of nitrogens with one attached hydrogen (secondary N) is 1. The van der Waals surface area contributed by atoms with E-state index >= 15 is 0 Å². The van der Waals surface area contributed by atoms with Crippen molar-refractivity contribution in [2.24, 2.45) is 0 Å². The molecule has 5 heteroatoms. The van der Waals surface area contributed by atoms with Crippen LogP contribution < -0.4 is 5.32 Å². The highest BCUT2D eigenvalue weighted by molar-refractivity contribution is 9.10. The van der Waals surface area contributed by atoms with E-state index in [0.29, 0.717) is 5.82 Å². The Morgan fingerprint density at radius 1 is 1.10 bits per heavy atom. The summed E-state index contributed by atoms with van der Waals surface area (Å²) in [6.07, 6.45) is 2.80. The topological polar surface area (TPSA) is 50.7 Å². The summed E-state index contributed by atoms with van der Waals surface area (Å²) in [5.74, 6) is 1.43. The van der Waals surface area contributed by atoms with E-state index in [9.17, 15) is 0 Å². The van der Waals surface area contributed by atoms with Gasteiger partial charge in [0.1, 0.15) is 11.5 Å². The summed E-state index contributed by atoms with van der Waals surface area (Å²) in [6, 6.07) is 12.0. The number of hydrogen-bond donors (Lipinski definition) is 1. The van der Waals surface area contributed by atoms with Crippen LogP contribution in [0.2, 0.25) is 0 Å². The highest BCUT2D eigenvalue weighted by atomic mass is 79.9. The van der Waals surface area contributed by atoms with E-state index in [0.717, 1.165) is 39.9 Å². The summed E-state index contributed by atoms with van der Waals surface area (Å²) in [5, 5.41) is 4.40. The summed E-state index contributed by atoms with van der Waals surface area (Å²) >= 11 is 3.47. The molecule has 0 atom stereocenters. The van der Waals surface area contributed by atoms with Gasteiger partial charge in [-0.3, -0.25) is 0 Å². The molecule has 2 heterocycles. The van der Waals surface area contributed by atoms with Gasteiger partial charge in [0.25, 0.3) is 0 Å². The van der Waals surface area contributed by atoms with Crippen LogP contribution in [-0.2, 0) is 0 Å². The van der Waals surface area contributed by atoms with E-state index in [4.69, 9.17) is 0 Å². The lowest BCUT2D eigenvalue weighted by Crippen LogP contribution is -2.04. The van der Waals surface area contributed by atoms with Gasteiger partial charge in [0, 0.05) is 18.1 Å². The van der Waals surface area contributed by atoms with Crippen molar-refractivity contribution in [3.05, 3.63) is 47.1 Å². The lowest BCUT2D eigenvalue weighted by atomic mass is 10.2. The zero-order valence-electron chi connectivity index (χ0n) is 11.7. The maximum atomic E-state index is 4.63. The summed E-state index contributed by atoms with van der Waals surface area (Å²) in [4.78, 5) is 13.5. The smallest absolute Gasteiger partial charge is 0.180 e. The molecule has 1 N–H and O–H groups in total. The molecule has 0 aliphatic carbocycles. The third kappa shape index (κ3) is 3.03. The SMILES string of the molecule is CCCNc1nc(-c2ccc3ccccc3n2)ncc1Br. The molecule has 2 aromatic heterocycles. The van der Waals surface area contributed by atoms with E-state index in [-0.39, 0.29) is 0 Å². The van der Waals surface area contributed by atoms with Crippen LogP contribution in [0.3, 0.4) is 0 Å². The van der Waals surface area contributed by atoms with Crippen LogP contribution in [0.4, 0.5) is 5.82 Å². The van der Waals surface area contributed by atoms with Gasteiger partial charge in [0.05, 0.1) is 9.99 Å². The molecule has 0 radical (unpaired) electrons. The third-order valence-electron chi connectivity index (χ3n) is 3.11. The van der Waals surface area contributed by atoms with Crippen molar-refractivity contribution in [3.63, 3.8) is 0 Å². The van der Waals surface area contributed by atoms with Crippen molar-refractivity contribution in [2.45, 2.75) is 13.3 Å². The second-order valence-corrected chi connectivity index (χ2v) is 5.56. The third-order valence-corrected chi connectivity index (χ3v) is 3.69. The van der Waals surface area contributed by atoms with E-state index in [1.54, 1.807) is 6.20 Å². The van der Waals surface area contributed by atoms with E-state index in [2.05, 4.69) is 43.1 Å². The van der Waals surface area contributed by atoms with Crippen LogP contribution in [0.1, 0.15) is 13.3 Å². The number of hydrogen-bond acceptors (Lipinski definition) is 4. The maximum Gasteiger partial charge on any atom is 0.180 e. The van der Waals surface area contributed by atoms with E-state index in [1.807, 2.05) is 36.4 Å². The number of rotatable bonds is 4. The Kier molecular flexibility index (Phi) is 4.10. The van der Waals surface area contributed by atoms with Gasteiger partial charge in [0.2, 0.25) is 0 Å². The van der Waals surface area contributed by atoms with Crippen molar-refractivity contribution in [1.29, 1.82) is 0 Å². The highest BCUT2D eigenvalue weighted by Crippen LogP contribution is 2.23. The number of nitrogens with zero attached hydrogens (tertiary/aromatic N) is 3. The second-order valence-electron chi connectivity index (χ2n) is 4.71. The van der Waals surface area contributed by atoms with Crippen LogP contribution in [0.25, 0.3) is 22.4 Å². The number of fused-ring (bicyclic) bond motifs is 1. The Bertz CT molecular complexity index is 773. The minimum absolute atomic E-state index is 0.627. The molecular formula is C16H15BrN4. The first kappa shape index (κ1) is 13.9. The van der Waals surface area contributed by atoms with Crippen LogP contribution in [-0.4, -0.2) is 21.5 Å². The monoisotopic (exact) mass is 342 g/mol. The van der Waals surface area contributed by atoms with Gasteiger partial charge in [0.15, 0.2) is 5.82 Å². The largest absolute Gasteiger partial charge is 0.369 e. The first-order chi connectivity index (χ1) is 10.3. The molecule has 0 saturated carbocycles. The summed E-state index contributed by atoms with van der Waals surface area (Å²) in [6.45, 7) is 2.99. The van der Waals surface area contributed by atoms with Crippen LogP contribution in [0.15, 0.2) is 47.1 Å². The van der Waals surface area contributed by atoms with Crippen molar-refractivity contribution in [1.82, 2.24) is 15.0 Å². The van der Waals surface area contributed by atoms with Crippen LogP contribution in [0, 0.1) is 0 Å². The molecule has 3 aromatic rings. The van der Waals surface area contributed by atoms with Crippen molar-refractivity contribution in [2.75, 3.05) is 11.9 Å². The molecule has 106 valence electrons. The molecule has 3 rings (SSSR count). The summed E-state index contributed by atoms with van der Waals surface area (Å²) in [5.41, 5.74) is 1.73. The molecule has 0 aliphatic rings. The molecule has 0 bridgehead atoms. The molecule has 0 saturated heterocycles. The molecule has 21 heavy (non-hydrogen) atoms. The fourth-order valence-corrected chi connectivity index (χ4v) is 2.38. The number of pyridine rings is 1. The molecule has 0 spiro atoms. The van der Waals surface area contributed by atoms with Crippen molar-refractivity contribution >= 4 is 32.7 Å². The second kappa shape index (κ2) is 6.18. The Labute approximate surface area is 131 Å². The summed E-state index contributed by atoms with van der Waals surface area (Å²) < 4.78 is 0.862. The van der Waals surface area contributed by atoms with Crippen molar-refractivity contribution in [3.8, 4) is 11.5 Å². The molecule has 0 unspecified atom stereocenters. The number of para-hydroxylation sites is 1. The van der Waals surface area contributed by atoms with Crippen LogP contribution in [0.5, 0.6) is 0 Å². The fourth-order valence-electron chi connectivity index (χ4n) is 2.05. The number of anilines is 1. The van der Waals surface area contributed by atoms with Gasteiger partial charge in [-0.1, -0.05) is 31.2 Å². The minimum Gasteiger partial charge on any atom is -0.369 e. The van der Waals surface area contributed by atoms with Gasteiger partial charge < -0.3 is 5.32 Å². The zero-order chi connectivity index (χ0) is 14.7. The van der Waals surface area contributed by atoms with Gasteiger partial charge in [-0.2, -0.15) is 0 Å². The lowest BCUT2D eigenvalue weighted by Gasteiger charge is -2.08. The molecule has 0 amide bonds. The average Bonchev–Trinajstić information content (AvgIpc) is 2.53. The highest BCUT2D eigenvalue weighted by Gasteiger charge is 2.08.